The molecule has 0 saturated carbocycles. The van der Waals surface area contributed by atoms with Gasteiger partial charge in [-0.25, -0.2) is 0 Å². The summed E-state index contributed by atoms with van der Waals surface area (Å²) in [7, 11) is 0. The van der Waals surface area contributed by atoms with Crippen molar-refractivity contribution in [2.45, 2.75) is 38.1 Å². The summed E-state index contributed by atoms with van der Waals surface area (Å²) in [5, 5.41) is 19.0. The minimum Gasteiger partial charge on any atom is -0.373 e. The molecular weight excluding hydrogens is 200 g/mol. The van der Waals surface area contributed by atoms with Crippen LogP contribution in [0.15, 0.2) is 0 Å². The Kier molecular flexibility index (Phi) is 2.62. The minimum atomic E-state index is -0.821. The summed E-state index contributed by atoms with van der Waals surface area (Å²) in [6.45, 7) is 0. The zero-order valence-corrected chi connectivity index (χ0v) is 8.30. The van der Waals surface area contributed by atoms with E-state index in [9.17, 15) is 19.8 Å². The fraction of sp³-hybridized carbons (Fsp3) is 0.778. The van der Waals surface area contributed by atoms with E-state index >= 15 is 0 Å². The highest BCUT2D eigenvalue weighted by molar-refractivity contribution is 5.81. The van der Waals surface area contributed by atoms with E-state index in [0.29, 0.717) is 25.7 Å². The molecule has 2 aliphatic heterocycles. The van der Waals surface area contributed by atoms with Crippen LogP contribution < -0.4 is 0 Å². The number of likely N-dealkylation sites (tertiary alicyclic amines) is 2. The minimum absolute atomic E-state index is 0. The van der Waals surface area contributed by atoms with Crippen LogP contribution in [0, 0.1) is 0 Å². The van der Waals surface area contributed by atoms with E-state index in [-0.39, 0.29) is 18.5 Å². The lowest BCUT2D eigenvalue weighted by Crippen LogP contribution is -2.46. The molecule has 2 rings (SSSR count). The molecule has 0 bridgehead atoms. The van der Waals surface area contributed by atoms with E-state index in [4.69, 9.17) is 0 Å². The van der Waals surface area contributed by atoms with Gasteiger partial charge in [-0.3, -0.25) is 19.4 Å². The van der Waals surface area contributed by atoms with Crippen LogP contribution in [0.3, 0.4) is 0 Å². The second-order valence-electron chi connectivity index (χ2n) is 3.91. The van der Waals surface area contributed by atoms with Gasteiger partial charge in [-0.2, -0.15) is 0 Å². The Morgan fingerprint density at radius 3 is 1.67 bits per heavy atom. The molecule has 0 aromatic heterocycles. The van der Waals surface area contributed by atoms with Crippen LogP contribution in [-0.4, -0.2) is 51.0 Å². The fourth-order valence-electron chi connectivity index (χ4n) is 1.95. The first-order valence-electron chi connectivity index (χ1n) is 5.04. The third-order valence-corrected chi connectivity index (χ3v) is 2.90. The smallest absolute Gasteiger partial charge is 0.226 e. The molecule has 2 amide bonds. The van der Waals surface area contributed by atoms with E-state index in [1.165, 1.54) is 9.80 Å². The van der Waals surface area contributed by atoms with Crippen LogP contribution in [0.1, 0.15) is 25.7 Å². The highest BCUT2D eigenvalue weighted by Crippen LogP contribution is 2.21. The molecule has 2 saturated heterocycles. The van der Waals surface area contributed by atoms with Gasteiger partial charge in [0.1, 0.15) is 19.1 Å². The van der Waals surface area contributed by atoms with Crippen LogP contribution in [0.2, 0.25) is 0 Å². The van der Waals surface area contributed by atoms with Crippen molar-refractivity contribution in [3.8, 4) is 0 Å². The summed E-state index contributed by atoms with van der Waals surface area (Å²) in [6.07, 6.45) is -0.233. The van der Waals surface area contributed by atoms with E-state index in [0.717, 1.165) is 0 Å². The van der Waals surface area contributed by atoms with Crippen molar-refractivity contribution in [1.29, 1.82) is 0 Å². The lowest BCUT2D eigenvalue weighted by atomic mass is 10.4. The Bertz CT molecular complexity index is 266. The third-order valence-electron chi connectivity index (χ3n) is 2.90. The molecule has 84 valence electrons. The summed E-state index contributed by atoms with van der Waals surface area (Å²) in [5.74, 6) is -0.344. The quantitative estimate of drug-likeness (QED) is 0.606. The van der Waals surface area contributed by atoms with Crippen molar-refractivity contribution in [2.24, 2.45) is 0 Å². The first-order chi connectivity index (χ1) is 7.09. The Morgan fingerprint density at radius 2 is 1.40 bits per heavy atom. The fourth-order valence-corrected chi connectivity index (χ4v) is 1.95. The van der Waals surface area contributed by atoms with Crippen molar-refractivity contribution in [3.05, 3.63) is 0 Å². The maximum Gasteiger partial charge on any atom is 0.226 e. The lowest BCUT2D eigenvalue weighted by Gasteiger charge is -2.28. The number of hydrogen-bond acceptors (Lipinski definition) is 4. The molecule has 2 aliphatic rings. The van der Waals surface area contributed by atoms with E-state index in [1.54, 1.807) is 0 Å². The third kappa shape index (κ3) is 1.82. The Labute approximate surface area is 87.1 Å². The van der Waals surface area contributed by atoms with Crippen molar-refractivity contribution in [2.75, 3.05) is 6.67 Å². The molecule has 6 heteroatoms. The predicted octanol–water partition coefficient (Wildman–Crippen LogP) is -1.17. The topological polar surface area (TPSA) is 81.1 Å². The van der Waals surface area contributed by atoms with Gasteiger partial charge in [0.05, 0.1) is 0 Å². The number of amides is 2. The van der Waals surface area contributed by atoms with Gasteiger partial charge < -0.3 is 10.2 Å². The van der Waals surface area contributed by atoms with Crippen molar-refractivity contribution in [1.82, 2.24) is 9.80 Å². The van der Waals surface area contributed by atoms with Crippen LogP contribution in [0.4, 0.5) is 0 Å². The summed E-state index contributed by atoms with van der Waals surface area (Å²) in [4.78, 5) is 25.1. The number of rotatable bonds is 2. The van der Waals surface area contributed by atoms with Gasteiger partial charge in [0.2, 0.25) is 11.8 Å². The number of aliphatic hydroxyl groups excluding tert-OH is 2. The SMILES string of the molecule is O=C1CC[C@@H](O)N1CN1C(=O)CC[C@H]1O. The van der Waals surface area contributed by atoms with Crippen LogP contribution in [0.25, 0.3) is 0 Å². The highest BCUT2D eigenvalue weighted by atomic mass is 16.3. The molecule has 0 aromatic rings. The van der Waals surface area contributed by atoms with Gasteiger partial charge in [0.25, 0.3) is 0 Å². The molecule has 2 atom stereocenters. The van der Waals surface area contributed by atoms with Gasteiger partial charge >= 0.3 is 0 Å². The van der Waals surface area contributed by atoms with Gasteiger partial charge in [-0.1, -0.05) is 0 Å². The molecule has 2 fully saturated rings. The Balaban J connectivity index is 2.01. The largest absolute Gasteiger partial charge is 0.373 e. The first kappa shape index (κ1) is 10.4. The van der Waals surface area contributed by atoms with Gasteiger partial charge in [-0.15, -0.1) is 0 Å². The van der Waals surface area contributed by atoms with Crippen LogP contribution >= 0.6 is 0 Å². The van der Waals surface area contributed by atoms with Gasteiger partial charge in [0, 0.05) is 25.7 Å². The highest BCUT2D eigenvalue weighted by Gasteiger charge is 2.36. The standard InChI is InChI=1S/C9H14N2O4/c12-6-1-2-7(13)10(6)5-11-8(14)3-4-9(11)15/h6,8,12,14H,1-5H2/t6-,8-/m1/s1. The first-order valence-corrected chi connectivity index (χ1v) is 5.04. The average Bonchev–Trinajstić information content (AvgIpc) is 2.67. The maximum absolute atomic E-state index is 11.3. The lowest BCUT2D eigenvalue weighted by molar-refractivity contribution is -0.146. The number of hydrogen-bond donors (Lipinski definition) is 2. The molecule has 6 nitrogen and oxygen atoms in total. The average molecular weight is 214 g/mol. The summed E-state index contributed by atoms with van der Waals surface area (Å²) in [5.41, 5.74) is 0. The van der Waals surface area contributed by atoms with Crippen molar-refractivity contribution >= 4 is 11.8 Å². The van der Waals surface area contributed by atoms with E-state index in [2.05, 4.69) is 0 Å². The maximum atomic E-state index is 11.3. The van der Waals surface area contributed by atoms with E-state index < -0.39 is 12.5 Å². The molecule has 15 heavy (non-hydrogen) atoms. The summed E-state index contributed by atoms with van der Waals surface area (Å²) >= 11 is 0. The number of nitrogens with zero attached hydrogens (tertiary/aromatic N) is 2. The number of carbonyl (C=O) groups is 2. The van der Waals surface area contributed by atoms with E-state index in [1.807, 2.05) is 0 Å². The zero-order valence-electron chi connectivity index (χ0n) is 8.30. The second-order valence-corrected chi connectivity index (χ2v) is 3.91. The molecule has 0 radical (unpaired) electrons. The molecular formula is C9H14N2O4. The van der Waals surface area contributed by atoms with Crippen molar-refractivity contribution in [3.63, 3.8) is 0 Å². The predicted molar refractivity (Wildman–Crippen MR) is 49.0 cm³/mol. The Morgan fingerprint density at radius 1 is 1.00 bits per heavy atom. The molecule has 0 aliphatic carbocycles. The Hall–Kier alpha value is -1.14. The summed E-state index contributed by atoms with van der Waals surface area (Å²) < 4.78 is 0. The van der Waals surface area contributed by atoms with Crippen LogP contribution in [-0.2, 0) is 9.59 Å². The van der Waals surface area contributed by atoms with Crippen molar-refractivity contribution < 1.29 is 19.8 Å². The van der Waals surface area contributed by atoms with Crippen LogP contribution in [0.5, 0.6) is 0 Å². The summed E-state index contributed by atoms with van der Waals surface area (Å²) in [6, 6.07) is 0. The normalized spacial score (nSPS) is 31.9. The molecule has 0 aromatic carbocycles. The molecule has 0 unspecified atom stereocenters. The molecule has 2 heterocycles. The molecule has 0 spiro atoms. The van der Waals surface area contributed by atoms with Gasteiger partial charge in [-0.05, 0) is 0 Å². The number of aliphatic hydroxyl groups is 2. The zero-order chi connectivity index (χ0) is 11.0. The molecule has 2 N–H and O–H groups in total. The monoisotopic (exact) mass is 214 g/mol. The number of carbonyl (C=O) groups excluding carboxylic acids is 2. The van der Waals surface area contributed by atoms with Gasteiger partial charge in [0.15, 0.2) is 0 Å². The second kappa shape index (κ2) is 3.79.